The van der Waals surface area contributed by atoms with Gasteiger partial charge < -0.3 is 0 Å². The lowest BCUT2D eigenvalue weighted by Crippen LogP contribution is -1.67. The van der Waals surface area contributed by atoms with E-state index in [-0.39, 0.29) is 11.7 Å². The van der Waals surface area contributed by atoms with Crippen LogP contribution in [0.4, 0.5) is 0 Å². The molecule has 0 N–H and O–H groups in total. The van der Waals surface area contributed by atoms with E-state index >= 15 is 0 Å². The maximum atomic E-state index is 7.30. The molecule has 0 aromatic carbocycles. The molecule has 0 aliphatic rings. The lowest BCUT2D eigenvalue weighted by molar-refractivity contribution is 1.10. The summed E-state index contributed by atoms with van der Waals surface area (Å²) in [5.41, 5.74) is -0.0251. The fourth-order valence-corrected chi connectivity index (χ4v) is 1.94. The number of hydrogen-bond donors (Lipinski definition) is 0. The van der Waals surface area contributed by atoms with E-state index in [9.17, 15) is 0 Å². The van der Waals surface area contributed by atoms with Crippen LogP contribution in [-0.2, 0) is 0 Å². The minimum Gasteiger partial charge on any atom is -0.0650 e. The van der Waals surface area contributed by atoms with Crippen LogP contribution in [0.3, 0.4) is 0 Å². The normalized spacial score (nSPS) is 22.2. The van der Waals surface area contributed by atoms with Gasteiger partial charge in [0.1, 0.15) is 0 Å². The topological polar surface area (TPSA) is 0 Å². The van der Waals surface area contributed by atoms with Crippen LogP contribution in [-0.4, -0.2) is 12.8 Å². The molecule has 0 rings (SSSR count). The van der Waals surface area contributed by atoms with E-state index in [1.807, 2.05) is 0 Å². The van der Waals surface area contributed by atoms with Crippen molar-refractivity contribution >= 4 is 27.6 Å². The van der Waals surface area contributed by atoms with E-state index in [4.69, 9.17) is 1.37 Å². The zero-order valence-electron chi connectivity index (χ0n) is 5.11. The maximum absolute atomic E-state index is 7.30. The third kappa shape index (κ3) is 5.16. The van der Waals surface area contributed by atoms with Gasteiger partial charge in [0.05, 0.1) is 0 Å². The SMILES string of the molecule is [2H]C(CC)P(C)I. The van der Waals surface area contributed by atoms with Crippen LogP contribution >= 0.6 is 27.6 Å². The third-order valence-corrected chi connectivity index (χ3v) is 2.48. The van der Waals surface area contributed by atoms with Crippen LogP contribution in [0.2, 0.25) is 0 Å². The Morgan fingerprint density at radius 2 is 2.50 bits per heavy atom. The summed E-state index contributed by atoms with van der Waals surface area (Å²) in [5, 5.41) is 0. The Balaban J connectivity index is 3.14. The van der Waals surface area contributed by atoms with E-state index in [0.29, 0.717) is 0 Å². The first kappa shape index (κ1) is 5.30. The van der Waals surface area contributed by atoms with Gasteiger partial charge in [-0.25, -0.2) is 0 Å². The average Bonchev–Trinajstić information content (AvgIpc) is 1.65. The first-order valence-corrected chi connectivity index (χ1v) is 6.63. The van der Waals surface area contributed by atoms with Gasteiger partial charge in [-0.3, -0.25) is 0 Å². The molecule has 0 bridgehead atoms. The van der Waals surface area contributed by atoms with Crippen molar-refractivity contribution in [3.8, 4) is 0 Å². The summed E-state index contributed by atoms with van der Waals surface area (Å²) in [7, 11) is 0. The Kier molecular flexibility index (Phi) is 3.82. The molecule has 0 radical (unpaired) electrons. The molecule has 0 aromatic rings. The molecular weight excluding hydrogens is 206 g/mol. The zero-order chi connectivity index (χ0) is 5.86. The van der Waals surface area contributed by atoms with Crippen LogP contribution in [0.1, 0.15) is 14.7 Å². The molecule has 0 aromatic heterocycles. The summed E-state index contributed by atoms with van der Waals surface area (Å²) in [4.78, 5) is 0. The Hall–Kier alpha value is 1.16. The molecule has 38 valence electrons. The van der Waals surface area contributed by atoms with Gasteiger partial charge in [0.2, 0.25) is 0 Å². The van der Waals surface area contributed by atoms with Gasteiger partial charge in [-0.1, -0.05) is 35.4 Å². The summed E-state index contributed by atoms with van der Waals surface area (Å²) < 4.78 is 7.30. The highest BCUT2D eigenvalue weighted by atomic mass is 127. The molecule has 2 heteroatoms. The van der Waals surface area contributed by atoms with Crippen molar-refractivity contribution < 1.29 is 1.37 Å². The lowest BCUT2D eigenvalue weighted by Gasteiger charge is -1.94. The predicted octanol–water partition coefficient (Wildman–Crippen LogP) is 2.86. The molecular formula is C4H10IP. The fourth-order valence-electron chi connectivity index (χ4n) is 0.252. The lowest BCUT2D eigenvalue weighted by atomic mass is 10.6. The number of rotatable bonds is 2. The van der Waals surface area contributed by atoms with Crippen molar-refractivity contribution in [3.05, 3.63) is 0 Å². The highest BCUT2D eigenvalue weighted by Gasteiger charge is 1.86. The molecule has 0 nitrogen and oxygen atoms in total. The molecule has 0 fully saturated rings. The van der Waals surface area contributed by atoms with Crippen molar-refractivity contribution in [1.29, 1.82) is 0 Å². The monoisotopic (exact) mass is 217 g/mol. The second-order valence-electron chi connectivity index (χ2n) is 1.12. The molecule has 0 saturated heterocycles. The molecule has 0 aliphatic heterocycles. The Morgan fingerprint density at radius 3 is 2.50 bits per heavy atom. The van der Waals surface area contributed by atoms with Gasteiger partial charge >= 0.3 is 0 Å². The number of hydrogen-bond acceptors (Lipinski definition) is 0. The van der Waals surface area contributed by atoms with Crippen LogP contribution in [0.5, 0.6) is 0 Å². The van der Waals surface area contributed by atoms with Gasteiger partial charge in [0.25, 0.3) is 0 Å². The van der Waals surface area contributed by atoms with E-state index < -0.39 is 0 Å². The minimum atomic E-state index is -0.0251. The summed E-state index contributed by atoms with van der Waals surface area (Å²) >= 11 is 2.35. The van der Waals surface area contributed by atoms with Crippen LogP contribution in [0.25, 0.3) is 0 Å². The second-order valence-corrected chi connectivity index (χ2v) is 7.10. The summed E-state index contributed by atoms with van der Waals surface area (Å²) in [6, 6.07) is 0. The quantitative estimate of drug-likeness (QED) is 0.492. The predicted molar refractivity (Wildman–Crippen MR) is 42.0 cm³/mol. The summed E-state index contributed by atoms with van der Waals surface area (Å²) in [6.45, 7) is 4.20. The zero-order valence-corrected chi connectivity index (χ0v) is 7.16. The Morgan fingerprint density at radius 1 is 2.00 bits per heavy atom. The smallest absolute Gasteiger partial charge is 0.0323 e. The Bertz CT molecular complexity index is 49.0. The highest BCUT2D eigenvalue weighted by molar-refractivity contribution is 14.2. The van der Waals surface area contributed by atoms with Crippen molar-refractivity contribution in [1.82, 2.24) is 0 Å². The van der Waals surface area contributed by atoms with E-state index in [1.54, 1.807) is 0 Å². The molecule has 2 unspecified atom stereocenters. The highest BCUT2D eigenvalue weighted by Crippen LogP contribution is 2.40. The third-order valence-electron chi connectivity index (χ3n) is 0.434. The maximum Gasteiger partial charge on any atom is 0.0323 e. The molecule has 2 atom stereocenters. The molecule has 0 aliphatic carbocycles. The molecule has 0 amide bonds. The average molecular weight is 217 g/mol. The van der Waals surface area contributed by atoms with Crippen molar-refractivity contribution in [2.75, 3.05) is 12.8 Å². The van der Waals surface area contributed by atoms with E-state index in [2.05, 4.69) is 35.6 Å². The van der Waals surface area contributed by atoms with Gasteiger partial charge in [-0.05, 0) is 18.4 Å². The van der Waals surface area contributed by atoms with Crippen molar-refractivity contribution in [2.24, 2.45) is 0 Å². The van der Waals surface area contributed by atoms with E-state index in [0.717, 1.165) is 6.42 Å². The molecule has 6 heavy (non-hydrogen) atoms. The van der Waals surface area contributed by atoms with Gasteiger partial charge in [0, 0.05) is 1.37 Å². The first-order valence-electron chi connectivity index (χ1n) is 2.57. The molecule has 0 heterocycles. The minimum absolute atomic E-state index is 0.0251. The van der Waals surface area contributed by atoms with Crippen LogP contribution < -0.4 is 0 Å². The molecule has 0 saturated carbocycles. The summed E-state index contributed by atoms with van der Waals surface area (Å²) in [6.07, 6.45) is 1.21. The van der Waals surface area contributed by atoms with Crippen LogP contribution in [0, 0.1) is 0 Å². The van der Waals surface area contributed by atoms with Crippen molar-refractivity contribution in [2.45, 2.75) is 13.3 Å². The van der Waals surface area contributed by atoms with Crippen molar-refractivity contribution in [3.63, 3.8) is 0 Å². The van der Waals surface area contributed by atoms with Gasteiger partial charge in [-0.2, -0.15) is 0 Å². The molecule has 0 spiro atoms. The number of halogens is 1. The second kappa shape index (κ2) is 4.32. The largest absolute Gasteiger partial charge is 0.0650 e. The van der Waals surface area contributed by atoms with Gasteiger partial charge in [0.15, 0.2) is 0 Å². The van der Waals surface area contributed by atoms with E-state index in [1.165, 1.54) is 0 Å². The standard InChI is InChI=1S/C4H10IP/c1-3-4-6(2)5/h3-4H2,1-2H3/i4D. The van der Waals surface area contributed by atoms with Crippen LogP contribution in [0.15, 0.2) is 0 Å². The van der Waals surface area contributed by atoms with Gasteiger partial charge in [-0.15, -0.1) is 0 Å². The fraction of sp³-hybridized carbons (Fsp3) is 1.00. The first-order chi connectivity index (χ1) is 3.18. The summed E-state index contributed by atoms with van der Waals surface area (Å²) in [5.74, 6) is 0. The Labute approximate surface area is 55.3 Å².